The number of likely N-dealkylation sites (tertiary alicyclic amines) is 1. The van der Waals surface area contributed by atoms with Crippen LogP contribution in [0.2, 0.25) is 5.15 Å². The molecule has 1 fully saturated rings. The van der Waals surface area contributed by atoms with Crippen LogP contribution >= 0.6 is 11.6 Å². The van der Waals surface area contributed by atoms with Gasteiger partial charge in [-0.2, -0.15) is 0 Å². The first-order valence-electron chi connectivity index (χ1n) is 8.87. The Morgan fingerprint density at radius 3 is 3.04 bits per heavy atom. The van der Waals surface area contributed by atoms with Gasteiger partial charge in [0.05, 0.1) is 5.69 Å². The zero-order valence-electron chi connectivity index (χ0n) is 14.7. The van der Waals surface area contributed by atoms with Gasteiger partial charge >= 0.3 is 5.97 Å². The van der Waals surface area contributed by atoms with E-state index in [0.29, 0.717) is 16.5 Å². The number of imidazole rings is 1. The zero-order chi connectivity index (χ0) is 18.5. The molecule has 7 heteroatoms. The van der Waals surface area contributed by atoms with Gasteiger partial charge in [-0.3, -0.25) is 9.20 Å². The number of esters is 1. The number of hydrogen-bond donors (Lipinski definition) is 0. The largest absolute Gasteiger partial charge is 0.452 e. The third kappa shape index (κ3) is 4.07. The van der Waals surface area contributed by atoms with Crippen molar-refractivity contribution in [1.29, 1.82) is 0 Å². The summed E-state index contributed by atoms with van der Waals surface area (Å²) in [7, 11) is 0. The molecule has 0 N–H and O–H groups in total. The number of hydrogen-bond acceptors (Lipinski definition) is 4. The molecule has 6 nitrogen and oxygen atoms in total. The molecule has 0 aromatic carbocycles. The number of piperidine rings is 1. The van der Waals surface area contributed by atoms with E-state index in [1.54, 1.807) is 10.5 Å². The second-order valence-electron chi connectivity index (χ2n) is 6.30. The molecule has 138 valence electrons. The predicted molar refractivity (Wildman–Crippen MR) is 99.8 cm³/mol. The van der Waals surface area contributed by atoms with Gasteiger partial charge in [-0.05, 0) is 43.9 Å². The molecular weight excluding hydrogens is 354 g/mol. The quantitative estimate of drug-likeness (QED) is 0.594. The van der Waals surface area contributed by atoms with Crippen LogP contribution in [0.25, 0.3) is 11.7 Å². The molecule has 0 unspecified atom stereocenters. The van der Waals surface area contributed by atoms with E-state index in [4.69, 9.17) is 16.3 Å². The van der Waals surface area contributed by atoms with Crippen LogP contribution in [0.5, 0.6) is 0 Å². The summed E-state index contributed by atoms with van der Waals surface area (Å²) in [5, 5.41) is 0.301. The first kappa shape index (κ1) is 18.5. The van der Waals surface area contributed by atoms with E-state index >= 15 is 0 Å². The normalized spacial score (nSPS) is 17.8. The zero-order valence-corrected chi connectivity index (χ0v) is 15.5. The number of nitrogens with zero attached hydrogens (tertiary/aromatic N) is 3. The second kappa shape index (κ2) is 8.36. The maximum absolute atomic E-state index is 12.3. The standard InChI is InChI=1S/C19H22ClN3O3/c1-2-14-7-3-5-11-22(14)17(24)13-26-18(25)10-9-15-19(20)21-16-8-4-6-12-23(15)16/h4,6,8-10,12,14H,2-3,5,7,11,13H2,1H3/b10-9+/t14-/m1/s1. The lowest BCUT2D eigenvalue weighted by Gasteiger charge is -2.35. The highest BCUT2D eigenvalue weighted by Crippen LogP contribution is 2.20. The van der Waals surface area contributed by atoms with Gasteiger partial charge in [0.15, 0.2) is 11.8 Å². The highest BCUT2D eigenvalue weighted by molar-refractivity contribution is 6.31. The molecule has 2 aromatic heterocycles. The van der Waals surface area contributed by atoms with Gasteiger partial charge in [0.2, 0.25) is 0 Å². The lowest BCUT2D eigenvalue weighted by molar-refractivity contribution is -0.150. The number of aromatic nitrogens is 2. The lowest BCUT2D eigenvalue weighted by Crippen LogP contribution is -2.45. The van der Waals surface area contributed by atoms with Crippen molar-refractivity contribution < 1.29 is 14.3 Å². The fourth-order valence-corrected chi connectivity index (χ4v) is 3.54. The molecule has 1 aliphatic rings. The second-order valence-corrected chi connectivity index (χ2v) is 6.66. The first-order valence-corrected chi connectivity index (χ1v) is 9.25. The van der Waals surface area contributed by atoms with Gasteiger partial charge in [-0.1, -0.05) is 24.6 Å². The summed E-state index contributed by atoms with van der Waals surface area (Å²) in [6, 6.07) is 5.78. The average molecular weight is 376 g/mol. The molecule has 2 aromatic rings. The monoisotopic (exact) mass is 375 g/mol. The van der Waals surface area contributed by atoms with Gasteiger partial charge in [0, 0.05) is 24.9 Å². The van der Waals surface area contributed by atoms with Crippen LogP contribution in [0.15, 0.2) is 30.5 Å². The Bertz CT molecular complexity index is 831. The summed E-state index contributed by atoms with van der Waals surface area (Å²) in [4.78, 5) is 30.3. The van der Waals surface area contributed by atoms with Crippen LogP contribution in [-0.4, -0.2) is 45.4 Å². The molecule has 0 spiro atoms. The minimum absolute atomic E-state index is 0.133. The number of pyridine rings is 1. The number of halogens is 1. The first-order chi connectivity index (χ1) is 12.6. The molecule has 26 heavy (non-hydrogen) atoms. The summed E-state index contributed by atoms with van der Waals surface area (Å²) >= 11 is 6.12. The Kier molecular flexibility index (Phi) is 5.93. The number of ether oxygens (including phenoxy) is 1. The molecule has 3 heterocycles. The van der Waals surface area contributed by atoms with Crippen molar-refractivity contribution >= 4 is 35.2 Å². The summed E-state index contributed by atoms with van der Waals surface area (Å²) in [5.74, 6) is -0.712. The van der Waals surface area contributed by atoms with Crippen molar-refractivity contribution in [2.45, 2.75) is 38.6 Å². The van der Waals surface area contributed by atoms with Crippen LogP contribution in [-0.2, 0) is 14.3 Å². The Labute approximate surface area is 157 Å². The van der Waals surface area contributed by atoms with E-state index in [2.05, 4.69) is 11.9 Å². The van der Waals surface area contributed by atoms with Crippen LogP contribution in [0.4, 0.5) is 0 Å². The lowest BCUT2D eigenvalue weighted by atomic mass is 10.00. The van der Waals surface area contributed by atoms with Crippen molar-refractivity contribution in [1.82, 2.24) is 14.3 Å². The molecule has 0 saturated carbocycles. The summed E-state index contributed by atoms with van der Waals surface area (Å²) < 4.78 is 6.89. The summed E-state index contributed by atoms with van der Waals surface area (Å²) in [5.41, 5.74) is 1.28. The molecule has 3 rings (SSSR count). The van der Waals surface area contributed by atoms with Crippen LogP contribution in [0.3, 0.4) is 0 Å². The van der Waals surface area contributed by atoms with Crippen molar-refractivity contribution in [2.75, 3.05) is 13.2 Å². The number of rotatable bonds is 5. The molecule has 1 atom stereocenters. The van der Waals surface area contributed by atoms with Gasteiger partial charge in [-0.15, -0.1) is 0 Å². The minimum Gasteiger partial charge on any atom is -0.452 e. The smallest absolute Gasteiger partial charge is 0.331 e. The third-order valence-electron chi connectivity index (χ3n) is 4.66. The van der Waals surface area contributed by atoms with E-state index in [1.165, 1.54) is 6.08 Å². The molecule has 0 bridgehead atoms. The van der Waals surface area contributed by atoms with E-state index in [1.807, 2.05) is 29.3 Å². The van der Waals surface area contributed by atoms with E-state index in [0.717, 1.165) is 32.2 Å². The molecule has 1 saturated heterocycles. The fourth-order valence-electron chi connectivity index (χ4n) is 3.30. The van der Waals surface area contributed by atoms with E-state index in [-0.39, 0.29) is 18.6 Å². The van der Waals surface area contributed by atoms with Crippen molar-refractivity contribution in [2.24, 2.45) is 0 Å². The van der Waals surface area contributed by atoms with E-state index in [9.17, 15) is 9.59 Å². The van der Waals surface area contributed by atoms with Crippen LogP contribution in [0.1, 0.15) is 38.3 Å². The van der Waals surface area contributed by atoms with Gasteiger partial charge in [0.1, 0.15) is 5.65 Å². The van der Waals surface area contributed by atoms with Gasteiger partial charge in [0.25, 0.3) is 5.91 Å². The SMILES string of the molecule is CC[C@@H]1CCCCN1C(=O)COC(=O)/C=C/c1c(Cl)nc2ccccn12. The maximum atomic E-state index is 12.3. The summed E-state index contributed by atoms with van der Waals surface area (Å²) in [6.45, 7) is 2.58. The Morgan fingerprint density at radius 2 is 2.23 bits per heavy atom. The number of carbonyl (C=O) groups is 2. The van der Waals surface area contributed by atoms with Crippen LogP contribution < -0.4 is 0 Å². The van der Waals surface area contributed by atoms with Crippen molar-refractivity contribution in [3.8, 4) is 0 Å². The molecule has 1 amide bonds. The van der Waals surface area contributed by atoms with Gasteiger partial charge in [-0.25, -0.2) is 9.78 Å². The molecule has 1 aliphatic heterocycles. The average Bonchev–Trinajstić information content (AvgIpc) is 2.99. The van der Waals surface area contributed by atoms with E-state index < -0.39 is 5.97 Å². The molecule has 0 aliphatic carbocycles. The maximum Gasteiger partial charge on any atom is 0.331 e. The van der Waals surface area contributed by atoms with Crippen molar-refractivity contribution in [3.63, 3.8) is 0 Å². The Balaban J connectivity index is 1.59. The van der Waals surface area contributed by atoms with Crippen molar-refractivity contribution in [3.05, 3.63) is 41.3 Å². The highest BCUT2D eigenvalue weighted by atomic mass is 35.5. The number of fused-ring (bicyclic) bond motifs is 1. The summed E-state index contributed by atoms with van der Waals surface area (Å²) in [6.07, 6.45) is 8.71. The third-order valence-corrected chi connectivity index (χ3v) is 4.93. The predicted octanol–water partition coefficient (Wildman–Crippen LogP) is 3.34. The number of amides is 1. The number of carbonyl (C=O) groups excluding carboxylic acids is 2. The highest BCUT2D eigenvalue weighted by Gasteiger charge is 2.25. The molecule has 0 radical (unpaired) electrons. The molecular formula is C19H22ClN3O3. The van der Waals surface area contributed by atoms with Crippen LogP contribution in [0, 0.1) is 0 Å². The Morgan fingerprint density at radius 1 is 1.38 bits per heavy atom. The Hall–Kier alpha value is -2.34. The van der Waals surface area contributed by atoms with Gasteiger partial charge < -0.3 is 9.64 Å². The topological polar surface area (TPSA) is 63.9 Å². The minimum atomic E-state index is -0.578. The fraction of sp³-hybridized carbons (Fsp3) is 0.421.